The van der Waals surface area contributed by atoms with Gasteiger partial charge in [0.15, 0.2) is 0 Å². The fourth-order valence-electron chi connectivity index (χ4n) is 1.70. The van der Waals surface area contributed by atoms with E-state index < -0.39 is 16.9 Å². The Labute approximate surface area is 134 Å². The lowest BCUT2D eigenvalue weighted by atomic mass is 10.2. The fraction of sp³-hybridized carbons (Fsp3) is 0.600. The minimum atomic E-state index is -0.795. The van der Waals surface area contributed by atoms with Crippen LogP contribution in [0.1, 0.15) is 18.9 Å². The van der Waals surface area contributed by atoms with Gasteiger partial charge in [-0.05, 0) is 43.7 Å². The predicted molar refractivity (Wildman–Crippen MR) is 88.7 cm³/mol. The van der Waals surface area contributed by atoms with Crippen LogP contribution in [-0.4, -0.2) is 46.6 Å². The number of aryl methyl sites for hydroxylation is 1. The molecule has 0 spiro atoms. The molecule has 0 aliphatic rings. The van der Waals surface area contributed by atoms with Crippen LogP contribution in [0.4, 0.5) is 0 Å². The lowest BCUT2D eigenvalue weighted by Crippen LogP contribution is -2.33. The highest BCUT2D eigenvalue weighted by atomic mass is 35.5. The third kappa shape index (κ3) is 7.27. The molecule has 2 N–H and O–H groups in total. The second kappa shape index (κ2) is 9.41. The molecular weight excluding hydrogens is 310 g/mol. The Kier molecular flexibility index (Phi) is 8.26. The van der Waals surface area contributed by atoms with Gasteiger partial charge in [-0.15, -0.1) is 0 Å². The van der Waals surface area contributed by atoms with Crippen molar-refractivity contribution in [3.8, 4) is 5.75 Å². The highest BCUT2D eigenvalue weighted by Crippen LogP contribution is 2.21. The summed E-state index contributed by atoms with van der Waals surface area (Å²) in [6, 6.07) is 5.41. The molecule has 0 saturated heterocycles. The maximum Gasteiger partial charge on any atom is 0.119 e. The van der Waals surface area contributed by atoms with Crippen LogP contribution in [0.2, 0.25) is 5.02 Å². The number of hydrogen-bond acceptors (Lipinski definition) is 4. The van der Waals surface area contributed by atoms with Gasteiger partial charge in [0, 0.05) is 33.9 Å². The van der Waals surface area contributed by atoms with Crippen LogP contribution in [0, 0.1) is 6.92 Å². The third-order valence-corrected chi connectivity index (χ3v) is 5.04. The largest absolute Gasteiger partial charge is 0.491 e. The first-order valence-corrected chi connectivity index (χ1v) is 9.00. The molecule has 0 aromatic heterocycles. The number of rotatable bonds is 9. The van der Waals surface area contributed by atoms with Crippen molar-refractivity contribution in [3.63, 3.8) is 0 Å². The van der Waals surface area contributed by atoms with E-state index in [0.29, 0.717) is 17.3 Å². The Hall–Kier alpha value is -0.620. The molecule has 4 nitrogen and oxygen atoms in total. The summed E-state index contributed by atoms with van der Waals surface area (Å²) in [5.74, 6) is 0.700. The molecule has 6 heteroatoms. The van der Waals surface area contributed by atoms with E-state index in [9.17, 15) is 9.32 Å². The molecular formula is C15H24ClNO3S. The Bertz CT molecular complexity index is 470. The van der Waals surface area contributed by atoms with E-state index in [-0.39, 0.29) is 11.9 Å². The molecule has 0 bridgehead atoms. The van der Waals surface area contributed by atoms with E-state index in [0.717, 1.165) is 18.5 Å². The summed E-state index contributed by atoms with van der Waals surface area (Å²) in [4.78, 5) is 0. The van der Waals surface area contributed by atoms with Gasteiger partial charge in [0.2, 0.25) is 0 Å². The molecule has 0 aliphatic heterocycles. The van der Waals surface area contributed by atoms with Crippen LogP contribution < -0.4 is 10.1 Å². The molecule has 1 rings (SSSR count). The van der Waals surface area contributed by atoms with E-state index in [2.05, 4.69) is 5.32 Å². The Morgan fingerprint density at radius 3 is 2.81 bits per heavy atom. The molecule has 21 heavy (non-hydrogen) atoms. The Balaban J connectivity index is 2.20. The SMILES string of the molecule is Cc1cc(OCC(O)CNCCC(C)S(C)=O)ccc1Cl. The van der Waals surface area contributed by atoms with Gasteiger partial charge in [-0.1, -0.05) is 18.5 Å². The molecule has 0 aliphatic carbocycles. The number of aliphatic hydroxyl groups excluding tert-OH is 1. The highest BCUT2D eigenvalue weighted by Gasteiger charge is 2.08. The first-order chi connectivity index (χ1) is 9.90. The van der Waals surface area contributed by atoms with Gasteiger partial charge >= 0.3 is 0 Å². The second-order valence-electron chi connectivity index (χ2n) is 5.18. The first kappa shape index (κ1) is 18.4. The highest BCUT2D eigenvalue weighted by molar-refractivity contribution is 7.84. The molecule has 0 radical (unpaired) electrons. The summed E-state index contributed by atoms with van der Waals surface area (Å²) < 4.78 is 16.7. The van der Waals surface area contributed by atoms with Crippen LogP contribution in [-0.2, 0) is 10.8 Å². The van der Waals surface area contributed by atoms with Crippen molar-refractivity contribution in [3.05, 3.63) is 28.8 Å². The zero-order chi connectivity index (χ0) is 15.8. The van der Waals surface area contributed by atoms with E-state index in [1.165, 1.54) is 0 Å². The number of hydrogen-bond donors (Lipinski definition) is 2. The molecule has 3 atom stereocenters. The van der Waals surface area contributed by atoms with Gasteiger partial charge in [-0.2, -0.15) is 0 Å². The molecule has 0 fully saturated rings. The average molecular weight is 334 g/mol. The minimum Gasteiger partial charge on any atom is -0.491 e. The van der Waals surface area contributed by atoms with Crippen molar-refractivity contribution in [1.82, 2.24) is 5.32 Å². The van der Waals surface area contributed by atoms with Crippen LogP contribution in [0.15, 0.2) is 18.2 Å². The van der Waals surface area contributed by atoms with Crippen molar-refractivity contribution in [2.45, 2.75) is 31.6 Å². The molecule has 1 aromatic rings. The fourth-order valence-corrected chi connectivity index (χ4v) is 2.27. The summed E-state index contributed by atoms with van der Waals surface area (Å²) >= 11 is 5.94. The lowest BCUT2D eigenvalue weighted by Gasteiger charge is -2.14. The smallest absolute Gasteiger partial charge is 0.119 e. The molecule has 1 aromatic carbocycles. The average Bonchev–Trinajstić information content (AvgIpc) is 2.44. The van der Waals surface area contributed by atoms with E-state index >= 15 is 0 Å². The van der Waals surface area contributed by atoms with Crippen molar-refractivity contribution in [2.24, 2.45) is 0 Å². The zero-order valence-corrected chi connectivity index (χ0v) is 14.3. The molecule has 0 saturated carbocycles. The van der Waals surface area contributed by atoms with Gasteiger partial charge in [0.1, 0.15) is 18.5 Å². The summed E-state index contributed by atoms with van der Waals surface area (Å²) in [6.07, 6.45) is 1.96. The number of nitrogens with one attached hydrogen (secondary N) is 1. The van der Waals surface area contributed by atoms with Gasteiger partial charge in [0.05, 0.1) is 0 Å². The third-order valence-electron chi connectivity index (χ3n) is 3.25. The quantitative estimate of drug-likeness (QED) is 0.680. The number of benzene rings is 1. The van der Waals surface area contributed by atoms with Gasteiger partial charge < -0.3 is 15.2 Å². The Morgan fingerprint density at radius 1 is 1.48 bits per heavy atom. The normalized spacial score (nSPS) is 15.5. The maximum atomic E-state index is 11.2. The van der Waals surface area contributed by atoms with Crippen molar-refractivity contribution in [2.75, 3.05) is 26.0 Å². The first-order valence-electron chi connectivity index (χ1n) is 7.00. The van der Waals surface area contributed by atoms with E-state index in [4.69, 9.17) is 16.3 Å². The van der Waals surface area contributed by atoms with Crippen LogP contribution in [0.5, 0.6) is 5.75 Å². The van der Waals surface area contributed by atoms with Crippen molar-refractivity contribution >= 4 is 22.4 Å². The number of halogens is 1. The summed E-state index contributed by atoms with van der Waals surface area (Å²) in [7, 11) is -0.795. The van der Waals surface area contributed by atoms with E-state index in [1.54, 1.807) is 18.4 Å². The topological polar surface area (TPSA) is 58.6 Å². The summed E-state index contributed by atoms with van der Waals surface area (Å²) in [6.45, 7) is 5.28. The molecule has 3 unspecified atom stereocenters. The van der Waals surface area contributed by atoms with Crippen LogP contribution in [0.3, 0.4) is 0 Å². The van der Waals surface area contributed by atoms with Gasteiger partial charge in [0.25, 0.3) is 0 Å². The molecule has 0 heterocycles. The minimum absolute atomic E-state index is 0.169. The maximum absolute atomic E-state index is 11.2. The van der Waals surface area contributed by atoms with Crippen LogP contribution >= 0.6 is 11.6 Å². The standard InChI is InChI=1S/C15H24ClNO3S/c1-11-8-14(4-5-15(11)16)20-10-13(18)9-17-7-6-12(2)21(3)19/h4-5,8,12-13,17-18H,6-7,9-10H2,1-3H3. The number of aliphatic hydroxyl groups is 1. The lowest BCUT2D eigenvalue weighted by molar-refractivity contribution is 0.106. The summed E-state index contributed by atoms with van der Waals surface area (Å²) in [5, 5.41) is 13.8. The zero-order valence-electron chi connectivity index (χ0n) is 12.8. The van der Waals surface area contributed by atoms with Gasteiger partial charge in [-0.25, -0.2) is 0 Å². The van der Waals surface area contributed by atoms with Crippen LogP contribution in [0.25, 0.3) is 0 Å². The Morgan fingerprint density at radius 2 is 2.19 bits per heavy atom. The number of ether oxygens (including phenoxy) is 1. The van der Waals surface area contributed by atoms with E-state index in [1.807, 2.05) is 19.9 Å². The monoisotopic (exact) mass is 333 g/mol. The predicted octanol–water partition coefficient (Wildman–Crippen LogP) is 2.13. The summed E-state index contributed by atoms with van der Waals surface area (Å²) in [5.41, 5.74) is 0.948. The second-order valence-corrected chi connectivity index (χ2v) is 7.39. The molecule has 0 amide bonds. The molecule has 120 valence electrons. The van der Waals surface area contributed by atoms with Gasteiger partial charge in [-0.3, -0.25) is 4.21 Å². The van der Waals surface area contributed by atoms with Crippen molar-refractivity contribution in [1.29, 1.82) is 0 Å². The van der Waals surface area contributed by atoms with Crippen molar-refractivity contribution < 1.29 is 14.1 Å².